The standard InChI is InChI=1S/C17H29NS/c1-2-3-4-5-8-13-18-17(15-10-6-7-11-15)16-12-9-14-19-16/h9,12,14-15,17-18H,2-8,10-11,13H2,1H3. The largest absolute Gasteiger partial charge is 0.309 e. The molecule has 0 aliphatic heterocycles. The molecule has 1 heterocycles. The first-order valence-corrected chi connectivity index (χ1v) is 9.06. The van der Waals surface area contributed by atoms with Gasteiger partial charge in [-0.2, -0.15) is 0 Å². The van der Waals surface area contributed by atoms with Gasteiger partial charge < -0.3 is 5.32 Å². The fourth-order valence-electron chi connectivity index (χ4n) is 3.24. The van der Waals surface area contributed by atoms with E-state index in [1.165, 1.54) is 64.3 Å². The van der Waals surface area contributed by atoms with Gasteiger partial charge in [-0.15, -0.1) is 11.3 Å². The Balaban J connectivity index is 1.75. The summed E-state index contributed by atoms with van der Waals surface area (Å²) >= 11 is 1.93. The fraction of sp³-hybridized carbons (Fsp3) is 0.765. The molecular formula is C17H29NS. The minimum Gasteiger partial charge on any atom is -0.309 e. The third-order valence-electron chi connectivity index (χ3n) is 4.37. The van der Waals surface area contributed by atoms with E-state index in [1.54, 1.807) is 4.88 Å². The Morgan fingerprint density at radius 1 is 1.21 bits per heavy atom. The van der Waals surface area contributed by atoms with E-state index >= 15 is 0 Å². The molecule has 1 N–H and O–H groups in total. The van der Waals surface area contributed by atoms with Crippen LogP contribution in [0.2, 0.25) is 0 Å². The van der Waals surface area contributed by atoms with Crippen LogP contribution in [0.4, 0.5) is 0 Å². The van der Waals surface area contributed by atoms with Crippen molar-refractivity contribution < 1.29 is 0 Å². The summed E-state index contributed by atoms with van der Waals surface area (Å²) in [6, 6.07) is 5.15. The van der Waals surface area contributed by atoms with Crippen LogP contribution < -0.4 is 5.32 Å². The number of nitrogens with one attached hydrogen (secondary N) is 1. The van der Waals surface area contributed by atoms with Crippen molar-refractivity contribution in [3.63, 3.8) is 0 Å². The molecule has 1 nitrogen and oxygen atoms in total. The minimum absolute atomic E-state index is 0.633. The molecule has 1 atom stereocenters. The predicted octanol–water partition coefficient (Wildman–Crippen LogP) is 5.54. The molecule has 1 aliphatic rings. The summed E-state index contributed by atoms with van der Waals surface area (Å²) in [6.45, 7) is 3.48. The van der Waals surface area contributed by atoms with Crippen LogP contribution in [0.1, 0.15) is 75.6 Å². The first kappa shape index (κ1) is 15.1. The third-order valence-corrected chi connectivity index (χ3v) is 5.32. The van der Waals surface area contributed by atoms with Crippen molar-refractivity contribution in [2.45, 2.75) is 70.8 Å². The molecule has 2 rings (SSSR count). The van der Waals surface area contributed by atoms with E-state index in [2.05, 4.69) is 29.8 Å². The van der Waals surface area contributed by atoms with E-state index in [0.29, 0.717) is 6.04 Å². The maximum atomic E-state index is 3.85. The van der Waals surface area contributed by atoms with Crippen LogP contribution in [0.25, 0.3) is 0 Å². The summed E-state index contributed by atoms with van der Waals surface area (Å²) < 4.78 is 0. The molecule has 0 radical (unpaired) electrons. The van der Waals surface area contributed by atoms with Crippen LogP contribution in [0, 0.1) is 5.92 Å². The highest BCUT2D eigenvalue weighted by atomic mass is 32.1. The zero-order chi connectivity index (χ0) is 13.3. The highest BCUT2D eigenvalue weighted by molar-refractivity contribution is 7.10. The summed E-state index contributed by atoms with van der Waals surface area (Å²) in [5.74, 6) is 0.884. The van der Waals surface area contributed by atoms with Crippen LogP contribution in [-0.4, -0.2) is 6.54 Å². The van der Waals surface area contributed by atoms with Gasteiger partial charge in [-0.05, 0) is 43.2 Å². The van der Waals surface area contributed by atoms with Gasteiger partial charge in [-0.25, -0.2) is 0 Å². The van der Waals surface area contributed by atoms with E-state index in [0.717, 1.165) is 5.92 Å². The van der Waals surface area contributed by atoms with Gasteiger partial charge in [0.05, 0.1) is 0 Å². The van der Waals surface area contributed by atoms with Crippen LogP contribution >= 0.6 is 11.3 Å². The van der Waals surface area contributed by atoms with Crippen molar-refractivity contribution >= 4 is 11.3 Å². The maximum absolute atomic E-state index is 3.85. The minimum atomic E-state index is 0.633. The van der Waals surface area contributed by atoms with Crippen molar-refractivity contribution in [2.75, 3.05) is 6.54 Å². The van der Waals surface area contributed by atoms with E-state index in [-0.39, 0.29) is 0 Å². The lowest BCUT2D eigenvalue weighted by molar-refractivity contribution is 0.368. The Kier molecular flexibility index (Phi) is 6.94. The first-order chi connectivity index (χ1) is 9.42. The molecule has 1 fully saturated rings. The van der Waals surface area contributed by atoms with Crippen molar-refractivity contribution in [2.24, 2.45) is 5.92 Å². The SMILES string of the molecule is CCCCCCCNC(c1cccs1)C1CCCC1. The Morgan fingerprint density at radius 2 is 2.00 bits per heavy atom. The Morgan fingerprint density at radius 3 is 2.68 bits per heavy atom. The molecule has 108 valence electrons. The highest BCUT2D eigenvalue weighted by Crippen LogP contribution is 2.37. The molecular weight excluding hydrogens is 250 g/mol. The second-order valence-electron chi connectivity index (χ2n) is 5.91. The molecule has 1 aromatic heterocycles. The van der Waals surface area contributed by atoms with E-state index in [9.17, 15) is 0 Å². The summed E-state index contributed by atoms with van der Waals surface area (Å²) in [7, 11) is 0. The Labute approximate surface area is 122 Å². The van der Waals surface area contributed by atoms with Crippen LogP contribution in [0.5, 0.6) is 0 Å². The lowest BCUT2D eigenvalue weighted by Crippen LogP contribution is -2.27. The molecule has 1 aliphatic carbocycles. The van der Waals surface area contributed by atoms with Crippen molar-refractivity contribution in [1.29, 1.82) is 0 Å². The van der Waals surface area contributed by atoms with Crippen LogP contribution in [-0.2, 0) is 0 Å². The lowest BCUT2D eigenvalue weighted by Gasteiger charge is -2.24. The fourth-order valence-corrected chi connectivity index (χ4v) is 4.14. The molecule has 1 saturated carbocycles. The van der Waals surface area contributed by atoms with Crippen LogP contribution in [0.15, 0.2) is 17.5 Å². The van der Waals surface area contributed by atoms with Gasteiger partial charge in [0, 0.05) is 10.9 Å². The second-order valence-corrected chi connectivity index (χ2v) is 6.89. The molecule has 0 bridgehead atoms. The van der Waals surface area contributed by atoms with Crippen LogP contribution in [0.3, 0.4) is 0 Å². The van der Waals surface area contributed by atoms with Crippen molar-refractivity contribution in [3.8, 4) is 0 Å². The number of hydrogen-bond acceptors (Lipinski definition) is 2. The molecule has 0 saturated heterocycles. The summed E-state index contributed by atoms with van der Waals surface area (Å²) in [5.41, 5.74) is 0. The summed E-state index contributed by atoms with van der Waals surface area (Å²) in [4.78, 5) is 1.56. The van der Waals surface area contributed by atoms with Gasteiger partial charge in [-0.1, -0.05) is 51.5 Å². The van der Waals surface area contributed by atoms with Gasteiger partial charge in [0.1, 0.15) is 0 Å². The zero-order valence-corrected chi connectivity index (χ0v) is 13.2. The molecule has 19 heavy (non-hydrogen) atoms. The molecule has 0 spiro atoms. The molecule has 2 heteroatoms. The van der Waals surface area contributed by atoms with E-state index in [4.69, 9.17) is 0 Å². The lowest BCUT2D eigenvalue weighted by atomic mass is 9.96. The second kappa shape index (κ2) is 8.76. The van der Waals surface area contributed by atoms with Crippen molar-refractivity contribution in [3.05, 3.63) is 22.4 Å². The third kappa shape index (κ3) is 4.92. The first-order valence-electron chi connectivity index (χ1n) is 8.18. The average molecular weight is 279 g/mol. The topological polar surface area (TPSA) is 12.0 Å². The van der Waals surface area contributed by atoms with Gasteiger partial charge in [0.2, 0.25) is 0 Å². The zero-order valence-electron chi connectivity index (χ0n) is 12.4. The monoisotopic (exact) mass is 279 g/mol. The number of rotatable bonds is 9. The van der Waals surface area contributed by atoms with E-state index < -0.39 is 0 Å². The Hall–Kier alpha value is -0.340. The number of unbranched alkanes of at least 4 members (excludes halogenated alkanes) is 4. The highest BCUT2D eigenvalue weighted by Gasteiger charge is 2.26. The summed E-state index contributed by atoms with van der Waals surface area (Å²) in [6.07, 6.45) is 12.6. The van der Waals surface area contributed by atoms with Gasteiger partial charge >= 0.3 is 0 Å². The van der Waals surface area contributed by atoms with Crippen molar-refractivity contribution in [1.82, 2.24) is 5.32 Å². The number of thiophene rings is 1. The normalized spacial score (nSPS) is 17.9. The van der Waals surface area contributed by atoms with Gasteiger partial charge in [0.25, 0.3) is 0 Å². The maximum Gasteiger partial charge on any atom is 0.0443 e. The summed E-state index contributed by atoms with van der Waals surface area (Å²) in [5, 5.41) is 6.07. The molecule has 1 unspecified atom stereocenters. The number of hydrogen-bond donors (Lipinski definition) is 1. The molecule has 0 amide bonds. The quantitative estimate of drug-likeness (QED) is 0.585. The molecule has 1 aromatic rings. The predicted molar refractivity (Wildman–Crippen MR) is 85.8 cm³/mol. The van der Waals surface area contributed by atoms with Gasteiger partial charge in [-0.3, -0.25) is 0 Å². The average Bonchev–Trinajstić information content (AvgIpc) is 3.11. The molecule has 0 aromatic carbocycles. The Bertz CT molecular complexity index is 314. The smallest absolute Gasteiger partial charge is 0.0443 e. The van der Waals surface area contributed by atoms with Gasteiger partial charge in [0.15, 0.2) is 0 Å². The van der Waals surface area contributed by atoms with E-state index in [1.807, 2.05) is 11.3 Å².